The van der Waals surface area contributed by atoms with Crippen molar-refractivity contribution in [3.05, 3.63) is 5.82 Å². The Labute approximate surface area is 117 Å². The Hall–Kier alpha value is -1.21. The summed E-state index contributed by atoms with van der Waals surface area (Å²) in [6, 6.07) is -0.0716. The number of hydrogen-bond acceptors (Lipinski definition) is 6. The molecular formula is C12H21N5OS. The summed E-state index contributed by atoms with van der Waals surface area (Å²) in [6.45, 7) is 7.06. The number of hydrogen-bond donors (Lipinski definition) is 1. The van der Waals surface area contributed by atoms with Crippen LogP contribution in [-0.2, 0) is 4.79 Å². The van der Waals surface area contributed by atoms with Crippen LogP contribution in [0.3, 0.4) is 0 Å². The minimum Gasteiger partial charge on any atom is -0.345 e. The molecule has 2 N–H and O–H groups in total. The number of nitrogens with two attached hydrogens (primary N) is 1. The first-order valence-corrected chi connectivity index (χ1v) is 7.42. The molecule has 1 aliphatic heterocycles. The van der Waals surface area contributed by atoms with Gasteiger partial charge < -0.3 is 15.5 Å². The van der Waals surface area contributed by atoms with Crippen LogP contribution in [0.25, 0.3) is 0 Å². The first-order valence-electron chi connectivity index (χ1n) is 6.65. The van der Waals surface area contributed by atoms with E-state index in [9.17, 15) is 4.79 Å². The van der Waals surface area contributed by atoms with Crippen LogP contribution in [0.4, 0.5) is 5.13 Å². The highest BCUT2D eigenvalue weighted by Crippen LogP contribution is 2.19. The largest absolute Gasteiger partial charge is 0.345 e. The van der Waals surface area contributed by atoms with Crippen LogP contribution in [0.1, 0.15) is 25.6 Å². The molecule has 1 atom stereocenters. The average molecular weight is 283 g/mol. The van der Waals surface area contributed by atoms with Crippen molar-refractivity contribution in [1.82, 2.24) is 14.3 Å². The molecule has 6 nitrogen and oxygen atoms in total. The highest BCUT2D eigenvalue weighted by atomic mass is 32.1. The van der Waals surface area contributed by atoms with E-state index in [1.165, 1.54) is 11.5 Å². The molecule has 2 heterocycles. The van der Waals surface area contributed by atoms with Gasteiger partial charge in [-0.3, -0.25) is 4.79 Å². The van der Waals surface area contributed by atoms with Crippen LogP contribution in [0.2, 0.25) is 0 Å². The van der Waals surface area contributed by atoms with Crippen molar-refractivity contribution >= 4 is 22.6 Å². The number of rotatable bonds is 3. The fourth-order valence-corrected chi connectivity index (χ4v) is 2.90. The quantitative estimate of drug-likeness (QED) is 0.880. The van der Waals surface area contributed by atoms with Crippen LogP contribution >= 0.6 is 11.5 Å². The topological polar surface area (TPSA) is 75.4 Å². The lowest BCUT2D eigenvalue weighted by Gasteiger charge is -2.22. The molecule has 0 aliphatic carbocycles. The first kappa shape index (κ1) is 14.2. The lowest BCUT2D eigenvalue weighted by Crippen LogP contribution is -2.37. The third-order valence-corrected chi connectivity index (χ3v) is 4.00. The molecule has 1 amide bonds. The second kappa shape index (κ2) is 6.29. The SMILES string of the molecule is Cc1nsc(N2CCCN(C(=O)CC(C)N)CC2)n1. The number of aromatic nitrogens is 2. The van der Waals surface area contributed by atoms with Gasteiger partial charge in [-0.15, -0.1) is 0 Å². The van der Waals surface area contributed by atoms with E-state index in [2.05, 4.69) is 14.3 Å². The number of aryl methyl sites for hydroxylation is 1. The number of carbonyl (C=O) groups is 1. The van der Waals surface area contributed by atoms with Crippen molar-refractivity contribution in [3.8, 4) is 0 Å². The minimum atomic E-state index is -0.0716. The van der Waals surface area contributed by atoms with E-state index in [0.29, 0.717) is 6.42 Å². The normalized spacial score (nSPS) is 18.3. The van der Waals surface area contributed by atoms with Gasteiger partial charge in [-0.05, 0) is 20.3 Å². The molecular weight excluding hydrogens is 262 g/mol. The summed E-state index contributed by atoms with van der Waals surface area (Å²) in [4.78, 5) is 20.5. The summed E-state index contributed by atoms with van der Waals surface area (Å²) in [6.07, 6.45) is 1.39. The van der Waals surface area contributed by atoms with Crippen molar-refractivity contribution < 1.29 is 4.79 Å². The highest BCUT2D eigenvalue weighted by Gasteiger charge is 2.21. The van der Waals surface area contributed by atoms with Crippen molar-refractivity contribution in [2.75, 3.05) is 31.1 Å². The van der Waals surface area contributed by atoms with Gasteiger partial charge in [-0.1, -0.05) is 0 Å². The molecule has 1 fully saturated rings. The molecule has 19 heavy (non-hydrogen) atoms. The van der Waals surface area contributed by atoms with E-state index in [0.717, 1.165) is 43.6 Å². The average Bonchev–Trinajstić information content (AvgIpc) is 2.64. The maximum absolute atomic E-state index is 12.0. The summed E-state index contributed by atoms with van der Waals surface area (Å²) < 4.78 is 4.21. The van der Waals surface area contributed by atoms with E-state index < -0.39 is 0 Å². The summed E-state index contributed by atoms with van der Waals surface area (Å²) in [5.74, 6) is 0.972. The van der Waals surface area contributed by atoms with Crippen molar-refractivity contribution in [2.45, 2.75) is 32.7 Å². The molecule has 0 aromatic carbocycles. The Morgan fingerprint density at radius 2 is 2.21 bits per heavy atom. The molecule has 1 aromatic rings. The van der Waals surface area contributed by atoms with Gasteiger partial charge in [0.2, 0.25) is 11.0 Å². The van der Waals surface area contributed by atoms with E-state index in [1.807, 2.05) is 18.7 Å². The monoisotopic (exact) mass is 283 g/mol. The van der Waals surface area contributed by atoms with Crippen molar-refractivity contribution in [2.24, 2.45) is 5.73 Å². The third kappa shape index (κ3) is 3.87. The third-order valence-electron chi connectivity index (χ3n) is 3.13. The molecule has 1 aromatic heterocycles. The number of anilines is 1. The Morgan fingerprint density at radius 1 is 1.42 bits per heavy atom. The standard InChI is InChI=1S/C12H21N5OS/c1-9(13)8-11(18)16-4-3-5-17(7-6-16)12-14-10(2)15-19-12/h9H,3-8,13H2,1-2H3. The second-order valence-electron chi connectivity index (χ2n) is 5.03. The minimum absolute atomic E-state index is 0.0716. The summed E-state index contributed by atoms with van der Waals surface area (Å²) >= 11 is 1.43. The zero-order valence-electron chi connectivity index (χ0n) is 11.5. The van der Waals surface area contributed by atoms with Crippen LogP contribution < -0.4 is 10.6 Å². The Bertz CT molecular complexity index is 434. The van der Waals surface area contributed by atoms with Crippen molar-refractivity contribution in [3.63, 3.8) is 0 Å². The number of nitrogens with zero attached hydrogens (tertiary/aromatic N) is 4. The van der Waals surface area contributed by atoms with Crippen LogP contribution in [0.5, 0.6) is 0 Å². The van der Waals surface area contributed by atoms with E-state index in [-0.39, 0.29) is 11.9 Å². The van der Waals surface area contributed by atoms with Gasteiger partial charge in [0.25, 0.3) is 0 Å². The maximum atomic E-state index is 12.0. The van der Waals surface area contributed by atoms with Crippen LogP contribution in [-0.4, -0.2) is 52.4 Å². The van der Waals surface area contributed by atoms with Gasteiger partial charge in [0.05, 0.1) is 0 Å². The molecule has 0 spiro atoms. The fraction of sp³-hybridized carbons (Fsp3) is 0.750. The molecule has 1 unspecified atom stereocenters. The summed E-state index contributed by atoms with van der Waals surface area (Å²) in [7, 11) is 0. The summed E-state index contributed by atoms with van der Waals surface area (Å²) in [5.41, 5.74) is 5.69. The van der Waals surface area contributed by atoms with Crippen molar-refractivity contribution in [1.29, 1.82) is 0 Å². The van der Waals surface area contributed by atoms with Gasteiger partial charge in [0, 0.05) is 50.2 Å². The molecule has 106 valence electrons. The molecule has 0 saturated carbocycles. The zero-order chi connectivity index (χ0) is 13.8. The van der Waals surface area contributed by atoms with Crippen LogP contribution in [0, 0.1) is 6.92 Å². The highest BCUT2D eigenvalue weighted by molar-refractivity contribution is 7.09. The van der Waals surface area contributed by atoms with E-state index >= 15 is 0 Å². The second-order valence-corrected chi connectivity index (χ2v) is 5.76. The Kier molecular flexibility index (Phi) is 4.71. The lowest BCUT2D eigenvalue weighted by molar-refractivity contribution is -0.131. The van der Waals surface area contributed by atoms with E-state index in [4.69, 9.17) is 5.73 Å². The van der Waals surface area contributed by atoms with Gasteiger partial charge >= 0.3 is 0 Å². The van der Waals surface area contributed by atoms with E-state index in [1.54, 1.807) is 0 Å². The zero-order valence-corrected chi connectivity index (χ0v) is 12.3. The molecule has 0 bridgehead atoms. The molecule has 0 radical (unpaired) electrons. The lowest BCUT2D eigenvalue weighted by atomic mass is 10.2. The van der Waals surface area contributed by atoms with Gasteiger partial charge in [-0.2, -0.15) is 4.37 Å². The molecule has 1 saturated heterocycles. The van der Waals surface area contributed by atoms with Gasteiger partial charge in [0.1, 0.15) is 5.82 Å². The Balaban J connectivity index is 1.93. The summed E-state index contributed by atoms with van der Waals surface area (Å²) in [5, 5.41) is 0.957. The van der Waals surface area contributed by atoms with Gasteiger partial charge in [0.15, 0.2) is 0 Å². The molecule has 2 rings (SSSR count). The molecule has 1 aliphatic rings. The Morgan fingerprint density at radius 3 is 2.84 bits per heavy atom. The maximum Gasteiger partial charge on any atom is 0.224 e. The number of carbonyl (C=O) groups excluding carboxylic acids is 1. The fourth-order valence-electron chi connectivity index (χ4n) is 2.18. The smallest absolute Gasteiger partial charge is 0.224 e. The van der Waals surface area contributed by atoms with Crippen LogP contribution in [0.15, 0.2) is 0 Å². The predicted octanol–water partition coefficient (Wildman–Crippen LogP) is 0.623. The number of amides is 1. The first-order chi connectivity index (χ1) is 9.06. The molecule has 7 heteroatoms. The van der Waals surface area contributed by atoms with Gasteiger partial charge in [-0.25, -0.2) is 4.98 Å². The predicted molar refractivity (Wildman–Crippen MR) is 76.3 cm³/mol.